The first-order valence-electron chi connectivity index (χ1n) is 4.14. The molecule has 0 saturated heterocycles. The van der Waals surface area contributed by atoms with E-state index in [-0.39, 0.29) is 5.91 Å². The van der Waals surface area contributed by atoms with Crippen LogP contribution in [0.2, 0.25) is 0 Å². The van der Waals surface area contributed by atoms with Gasteiger partial charge in [-0.1, -0.05) is 6.58 Å². The molecule has 74 valence electrons. The third-order valence-corrected chi connectivity index (χ3v) is 4.11. The first-order chi connectivity index (χ1) is 6.61. The maximum Gasteiger partial charge on any atom is 0.268 e. The molecule has 2 rings (SSSR count). The standard InChI is InChI=1S/C9H8Br2N2O/c1-4-2-3-12-9(14)7-5(4)6(10)8(11)13-7/h13H,1-3H2,(H,12,14). The van der Waals surface area contributed by atoms with E-state index >= 15 is 0 Å². The quantitative estimate of drug-likeness (QED) is 0.758. The van der Waals surface area contributed by atoms with Gasteiger partial charge in [0.1, 0.15) is 5.69 Å². The number of nitrogens with one attached hydrogen (secondary N) is 2. The number of carbonyl (C=O) groups excluding carboxylic acids is 1. The summed E-state index contributed by atoms with van der Waals surface area (Å²) in [5.41, 5.74) is 2.42. The number of aromatic nitrogens is 1. The van der Waals surface area contributed by atoms with Crippen LogP contribution < -0.4 is 5.32 Å². The van der Waals surface area contributed by atoms with Gasteiger partial charge in [0.05, 0.1) is 9.08 Å². The van der Waals surface area contributed by atoms with Crippen molar-refractivity contribution in [2.75, 3.05) is 6.54 Å². The van der Waals surface area contributed by atoms with E-state index < -0.39 is 0 Å². The summed E-state index contributed by atoms with van der Waals surface area (Å²) in [4.78, 5) is 14.6. The summed E-state index contributed by atoms with van der Waals surface area (Å²) in [6.07, 6.45) is 0.779. The minimum atomic E-state index is -0.0787. The van der Waals surface area contributed by atoms with Crippen molar-refractivity contribution in [3.05, 3.63) is 26.9 Å². The van der Waals surface area contributed by atoms with E-state index in [9.17, 15) is 4.79 Å². The van der Waals surface area contributed by atoms with Gasteiger partial charge in [0.15, 0.2) is 0 Å². The summed E-state index contributed by atoms with van der Waals surface area (Å²) in [6, 6.07) is 0. The molecule has 1 aliphatic rings. The Morgan fingerprint density at radius 2 is 2.07 bits per heavy atom. The molecular formula is C9H8Br2N2O. The molecule has 1 aromatic heterocycles. The van der Waals surface area contributed by atoms with Gasteiger partial charge in [0, 0.05) is 12.1 Å². The topological polar surface area (TPSA) is 44.9 Å². The number of aromatic amines is 1. The number of H-pyrrole nitrogens is 1. The van der Waals surface area contributed by atoms with Gasteiger partial charge < -0.3 is 10.3 Å². The zero-order chi connectivity index (χ0) is 10.3. The van der Waals surface area contributed by atoms with Gasteiger partial charge in [-0.3, -0.25) is 4.79 Å². The zero-order valence-corrected chi connectivity index (χ0v) is 10.5. The van der Waals surface area contributed by atoms with Crippen LogP contribution in [0.25, 0.3) is 5.57 Å². The molecule has 5 heteroatoms. The van der Waals surface area contributed by atoms with Crippen LogP contribution in [0.3, 0.4) is 0 Å². The fraction of sp³-hybridized carbons (Fsp3) is 0.222. The minimum Gasteiger partial charge on any atom is -0.350 e. The molecule has 14 heavy (non-hydrogen) atoms. The maximum absolute atomic E-state index is 11.6. The lowest BCUT2D eigenvalue weighted by molar-refractivity contribution is 0.0951. The van der Waals surface area contributed by atoms with Crippen molar-refractivity contribution in [2.45, 2.75) is 6.42 Å². The van der Waals surface area contributed by atoms with Crippen molar-refractivity contribution in [3.63, 3.8) is 0 Å². The molecular weight excluding hydrogens is 312 g/mol. The highest BCUT2D eigenvalue weighted by molar-refractivity contribution is 9.13. The SMILES string of the molecule is C=C1CCNC(=O)c2[nH]c(Br)c(Br)c21. The van der Waals surface area contributed by atoms with Crippen molar-refractivity contribution in [1.82, 2.24) is 10.3 Å². The van der Waals surface area contributed by atoms with E-state index in [4.69, 9.17) is 0 Å². The fourth-order valence-corrected chi connectivity index (χ4v) is 2.46. The Kier molecular flexibility index (Phi) is 2.53. The lowest BCUT2D eigenvalue weighted by Crippen LogP contribution is -2.22. The number of rotatable bonds is 0. The molecule has 0 aromatic carbocycles. The number of halogens is 2. The van der Waals surface area contributed by atoms with E-state index in [1.165, 1.54) is 0 Å². The smallest absolute Gasteiger partial charge is 0.268 e. The summed E-state index contributed by atoms with van der Waals surface area (Å²) in [5, 5.41) is 2.80. The van der Waals surface area contributed by atoms with E-state index in [1.54, 1.807) is 0 Å². The Labute approximate surface area is 98.2 Å². The predicted octanol–water partition coefficient (Wildman–Crippen LogP) is 2.69. The summed E-state index contributed by atoms with van der Waals surface area (Å²) in [6.45, 7) is 4.60. The van der Waals surface area contributed by atoms with Crippen LogP contribution in [-0.2, 0) is 0 Å². The minimum absolute atomic E-state index is 0.0787. The molecule has 1 amide bonds. The highest BCUT2D eigenvalue weighted by Gasteiger charge is 2.23. The molecule has 0 fully saturated rings. The van der Waals surface area contributed by atoms with Gasteiger partial charge in [-0.15, -0.1) is 0 Å². The molecule has 0 atom stereocenters. The molecule has 2 N–H and O–H groups in total. The second kappa shape index (κ2) is 3.55. The van der Waals surface area contributed by atoms with Crippen LogP contribution in [0.15, 0.2) is 15.7 Å². The van der Waals surface area contributed by atoms with Gasteiger partial charge in [-0.25, -0.2) is 0 Å². The Bertz CT molecular complexity index is 423. The van der Waals surface area contributed by atoms with Crippen molar-refractivity contribution in [3.8, 4) is 0 Å². The van der Waals surface area contributed by atoms with Crippen LogP contribution in [0.1, 0.15) is 22.5 Å². The van der Waals surface area contributed by atoms with Gasteiger partial charge in [0.25, 0.3) is 5.91 Å². The van der Waals surface area contributed by atoms with Crippen LogP contribution >= 0.6 is 31.9 Å². The molecule has 1 aromatic rings. The highest BCUT2D eigenvalue weighted by atomic mass is 79.9. The summed E-state index contributed by atoms with van der Waals surface area (Å²) >= 11 is 6.75. The van der Waals surface area contributed by atoms with Crippen molar-refractivity contribution in [2.24, 2.45) is 0 Å². The number of carbonyl (C=O) groups is 1. The van der Waals surface area contributed by atoms with Crippen molar-refractivity contribution < 1.29 is 4.79 Å². The Morgan fingerprint density at radius 1 is 1.36 bits per heavy atom. The van der Waals surface area contributed by atoms with Crippen LogP contribution in [-0.4, -0.2) is 17.4 Å². The molecule has 1 aliphatic heterocycles. The largest absolute Gasteiger partial charge is 0.350 e. The van der Waals surface area contributed by atoms with Gasteiger partial charge in [-0.05, 0) is 43.9 Å². The Balaban J connectivity index is 2.65. The lowest BCUT2D eigenvalue weighted by atomic mass is 10.1. The first kappa shape index (κ1) is 9.98. The molecule has 0 aliphatic carbocycles. The van der Waals surface area contributed by atoms with Crippen LogP contribution in [0, 0.1) is 0 Å². The number of fused-ring (bicyclic) bond motifs is 1. The molecule has 0 unspecified atom stereocenters. The fourth-order valence-electron chi connectivity index (χ4n) is 1.49. The maximum atomic E-state index is 11.6. The Hall–Kier alpha value is -0.550. The summed E-state index contributed by atoms with van der Waals surface area (Å²) in [5.74, 6) is -0.0787. The second-order valence-corrected chi connectivity index (χ2v) is 4.70. The van der Waals surface area contributed by atoms with Gasteiger partial charge in [0.2, 0.25) is 0 Å². The van der Waals surface area contributed by atoms with Crippen LogP contribution in [0.4, 0.5) is 0 Å². The van der Waals surface area contributed by atoms with E-state index in [2.05, 4.69) is 48.7 Å². The molecule has 0 saturated carbocycles. The molecule has 0 bridgehead atoms. The van der Waals surface area contributed by atoms with Crippen molar-refractivity contribution >= 4 is 43.3 Å². The highest BCUT2D eigenvalue weighted by Crippen LogP contribution is 2.35. The lowest BCUT2D eigenvalue weighted by Gasteiger charge is -1.99. The summed E-state index contributed by atoms with van der Waals surface area (Å²) in [7, 11) is 0. The normalized spacial score (nSPS) is 16.1. The molecule has 0 spiro atoms. The van der Waals surface area contributed by atoms with Gasteiger partial charge in [-0.2, -0.15) is 0 Å². The second-order valence-electron chi connectivity index (χ2n) is 3.11. The van der Waals surface area contributed by atoms with Gasteiger partial charge >= 0.3 is 0 Å². The number of hydrogen-bond donors (Lipinski definition) is 2. The van der Waals surface area contributed by atoms with E-state index in [1.807, 2.05) is 0 Å². The monoisotopic (exact) mass is 318 g/mol. The van der Waals surface area contributed by atoms with Crippen LogP contribution in [0.5, 0.6) is 0 Å². The third-order valence-electron chi connectivity index (χ3n) is 2.19. The zero-order valence-electron chi connectivity index (χ0n) is 7.29. The van der Waals surface area contributed by atoms with Crippen molar-refractivity contribution in [1.29, 1.82) is 0 Å². The first-order valence-corrected chi connectivity index (χ1v) is 5.73. The average Bonchev–Trinajstić information content (AvgIpc) is 2.35. The molecule has 0 radical (unpaired) electrons. The predicted molar refractivity (Wildman–Crippen MR) is 62.2 cm³/mol. The third kappa shape index (κ3) is 1.44. The van der Waals surface area contributed by atoms with E-state index in [0.29, 0.717) is 12.2 Å². The number of amides is 1. The molecule has 2 heterocycles. The summed E-state index contributed by atoms with van der Waals surface area (Å²) < 4.78 is 1.65. The average molecular weight is 320 g/mol. The Morgan fingerprint density at radius 3 is 2.79 bits per heavy atom. The molecule has 3 nitrogen and oxygen atoms in total. The van der Waals surface area contributed by atoms with E-state index in [0.717, 1.165) is 26.6 Å². The number of hydrogen-bond acceptors (Lipinski definition) is 1.